The Hall–Kier alpha value is -2.50. The molecule has 0 bridgehead atoms. The molecular formula is C17H19N3O3. The molecule has 0 saturated carbocycles. The highest BCUT2D eigenvalue weighted by molar-refractivity contribution is 5.99. The van der Waals surface area contributed by atoms with Gasteiger partial charge in [-0.1, -0.05) is 26.8 Å². The molecule has 23 heavy (non-hydrogen) atoms. The molecule has 1 unspecified atom stereocenters. The number of nitrogens with one attached hydrogen (secondary N) is 1. The van der Waals surface area contributed by atoms with E-state index in [2.05, 4.69) is 31.1 Å². The summed E-state index contributed by atoms with van der Waals surface area (Å²) in [7, 11) is 0. The van der Waals surface area contributed by atoms with Crippen molar-refractivity contribution in [2.45, 2.75) is 45.1 Å². The number of benzene rings is 1. The van der Waals surface area contributed by atoms with Gasteiger partial charge in [0.25, 0.3) is 5.56 Å². The third kappa shape index (κ3) is 2.76. The molecule has 1 aromatic heterocycles. The van der Waals surface area contributed by atoms with Gasteiger partial charge in [-0.05, 0) is 29.5 Å². The molecule has 1 aromatic carbocycles. The Kier molecular flexibility index (Phi) is 3.55. The van der Waals surface area contributed by atoms with E-state index < -0.39 is 11.9 Å². The van der Waals surface area contributed by atoms with Crippen molar-refractivity contribution >= 4 is 22.7 Å². The van der Waals surface area contributed by atoms with Crippen molar-refractivity contribution in [3.8, 4) is 0 Å². The van der Waals surface area contributed by atoms with Gasteiger partial charge in [-0.3, -0.25) is 24.3 Å². The minimum Gasteiger partial charge on any atom is -0.295 e. The lowest BCUT2D eigenvalue weighted by Crippen LogP contribution is -2.44. The number of imide groups is 1. The third-order valence-corrected chi connectivity index (χ3v) is 4.20. The van der Waals surface area contributed by atoms with Gasteiger partial charge in [-0.2, -0.15) is 0 Å². The van der Waals surface area contributed by atoms with E-state index in [-0.39, 0.29) is 23.3 Å². The Morgan fingerprint density at radius 1 is 1.22 bits per heavy atom. The van der Waals surface area contributed by atoms with E-state index in [0.717, 1.165) is 5.56 Å². The van der Waals surface area contributed by atoms with Crippen LogP contribution in [0, 0.1) is 0 Å². The van der Waals surface area contributed by atoms with Crippen LogP contribution in [0.2, 0.25) is 0 Å². The lowest BCUT2D eigenvalue weighted by molar-refractivity contribution is -0.135. The molecular weight excluding hydrogens is 294 g/mol. The fourth-order valence-electron chi connectivity index (χ4n) is 2.77. The Morgan fingerprint density at radius 3 is 2.61 bits per heavy atom. The first-order valence-electron chi connectivity index (χ1n) is 7.62. The van der Waals surface area contributed by atoms with E-state index in [1.807, 2.05) is 12.1 Å². The minimum absolute atomic E-state index is 0.0334. The van der Waals surface area contributed by atoms with Crippen LogP contribution in [0.15, 0.2) is 29.3 Å². The number of carbonyl (C=O) groups is 2. The van der Waals surface area contributed by atoms with Crippen molar-refractivity contribution in [2.24, 2.45) is 0 Å². The first-order valence-corrected chi connectivity index (χ1v) is 7.62. The molecule has 0 aliphatic carbocycles. The van der Waals surface area contributed by atoms with Crippen LogP contribution in [-0.4, -0.2) is 21.4 Å². The maximum Gasteiger partial charge on any atom is 0.261 e. The van der Waals surface area contributed by atoms with E-state index in [4.69, 9.17) is 0 Å². The molecule has 1 saturated heterocycles. The maximum absolute atomic E-state index is 12.7. The number of fused-ring (bicyclic) bond motifs is 1. The molecule has 3 rings (SSSR count). The second-order valence-corrected chi connectivity index (χ2v) is 6.91. The molecule has 2 amide bonds. The summed E-state index contributed by atoms with van der Waals surface area (Å²) in [6.45, 7) is 6.29. The summed E-state index contributed by atoms with van der Waals surface area (Å²) in [4.78, 5) is 40.2. The monoisotopic (exact) mass is 313 g/mol. The van der Waals surface area contributed by atoms with Crippen LogP contribution in [-0.2, 0) is 15.0 Å². The van der Waals surface area contributed by atoms with E-state index in [9.17, 15) is 14.4 Å². The van der Waals surface area contributed by atoms with Crippen molar-refractivity contribution < 1.29 is 9.59 Å². The van der Waals surface area contributed by atoms with Crippen LogP contribution in [0.1, 0.15) is 45.2 Å². The standard InChI is InChI=1S/C17H19N3O3/c1-17(2,3)10-4-5-11-12(8-10)18-9-20(16(11)23)13-6-7-14(21)19-15(13)22/h4-5,8-9,13H,6-7H2,1-3H3,(H,19,21,22). The molecule has 2 heterocycles. The largest absolute Gasteiger partial charge is 0.295 e. The highest BCUT2D eigenvalue weighted by Crippen LogP contribution is 2.24. The van der Waals surface area contributed by atoms with Crippen LogP contribution in [0.3, 0.4) is 0 Å². The summed E-state index contributed by atoms with van der Waals surface area (Å²) in [6, 6.07) is 4.90. The third-order valence-electron chi connectivity index (χ3n) is 4.20. The summed E-state index contributed by atoms with van der Waals surface area (Å²) >= 11 is 0. The van der Waals surface area contributed by atoms with Gasteiger partial charge < -0.3 is 0 Å². The van der Waals surface area contributed by atoms with E-state index in [0.29, 0.717) is 17.3 Å². The van der Waals surface area contributed by atoms with Gasteiger partial charge in [-0.25, -0.2) is 4.98 Å². The van der Waals surface area contributed by atoms with Gasteiger partial charge in [-0.15, -0.1) is 0 Å². The highest BCUT2D eigenvalue weighted by Gasteiger charge is 2.29. The Labute approximate surface area is 133 Å². The number of hydrogen-bond donors (Lipinski definition) is 1. The number of aromatic nitrogens is 2. The van der Waals surface area contributed by atoms with E-state index in [1.165, 1.54) is 10.9 Å². The number of nitrogens with zero attached hydrogens (tertiary/aromatic N) is 2. The van der Waals surface area contributed by atoms with Crippen molar-refractivity contribution in [2.75, 3.05) is 0 Å². The minimum atomic E-state index is -0.681. The fourth-order valence-corrected chi connectivity index (χ4v) is 2.77. The summed E-state index contributed by atoms with van der Waals surface area (Å²) in [6.07, 6.45) is 1.94. The highest BCUT2D eigenvalue weighted by atomic mass is 16.2. The Bertz CT molecular complexity index is 861. The molecule has 0 spiro atoms. The van der Waals surface area contributed by atoms with E-state index in [1.54, 1.807) is 6.07 Å². The zero-order valence-electron chi connectivity index (χ0n) is 13.4. The average Bonchev–Trinajstić information content (AvgIpc) is 2.47. The van der Waals surface area contributed by atoms with Crippen LogP contribution in [0.4, 0.5) is 0 Å². The SMILES string of the molecule is CC(C)(C)c1ccc2c(=O)n(C3CCC(=O)NC3=O)cnc2c1. The van der Waals surface area contributed by atoms with Crippen molar-refractivity contribution in [1.29, 1.82) is 0 Å². The van der Waals surface area contributed by atoms with Crippen LogP contribution < -0.4 is 10.9 Å². The molecule has 2 aromatic rings. The number of rotatable bonds is 1. The molecule has 1 aliphatic heterocycles. The molecule has 1 fully saturated rings. The Balaban J connectivity index is 2.08. The van der Waals surface area contributed by atoms with Crippen LogP contribution in [0.5, 0.6) is 0 Å². The number of carbonyl (C=O) groups excluding carboxylic acids is 2. The van der Waals surface area contributed by atoms with Crippen molar-refractivity contribution in [3.63, 3.8) is 0 Å². The first kappa shape index (κ1) is 15.4. The summed E-state index contributed by atoms with van der Waals surface area (Å²) in [5.74, 6) is -0.751. The molecule has 1 N–H and O–H groups in total. The summed E-state index contributed by atoms with van der Waals surface area (Å²) < 4.78 is 1.32. The molecule has 6 heteroatoms. The molecule has 0 radical (unpaired) electrons. The smallest absolute Gasteiger partial charge is 0.261 e. The zero-order chi connectivity index (χ0) is 16.8. The Morgan fingerprint density at radius 2 is 1.96 bits per heavy atom. The first-order chi connectivity index (χ1) is 10.8. The van der Waals surface area contributed by atoms with Gasteiger partial charge in [0.1, 0.15) is 6.04 Å². The quantitative estimate of drug-likeness (QED) is 0.812. The second-order valence-electron chi connectivity index (χ2n) is 6.91. The van der Waals surface area contributed by atoms with Crippen molar-refractivity contribution in [3.05, 3.63) is 40.4 Å². The molecule has 1 aliphatic rings. The fraction of sp³-hybridized carbons (Fsp3) is 0.412. The predicted octanol–water partition coefficient (Wildman–Crippen LogP) is 1.67. The lowest BCUT2D eigenvalue weighted by atomic mass is 9.86. The van der Waals surface area contributed by atoms with Crippen LogP contribution >= 0.6 is 0 Å². The number of hydrogen-bond acceptors (Lipinski definition) is 4. The second kappa shape index (κ2) is 5.30. The molecule has 120 valence electrons. The lowest BCUT2D eigenvalue weighted by Gasteiger charge is -2.23. The molecule has 1 atom stereocenters. The predicted molar refractivity (Wildman–Crippen MR) is 86.1 cm³/mol. The van der Waals surface area contributed by atoms with Crippen molar-refractivity contribution in [1.82, 2.24) is 14.9 Å². The average molecular weight is 313 g/mol. The van der Waals surface area contributed by atoms with Gasteiger partial charge >= 0.3 is 0 Å². The number of piperidine rings is 1. The maximum atomic E-state index is 12.7. The normalized spacial score (nSPS) is 19.0. The summed E-state index contributed by atoms with van der Waals surface area (Å²) in [5, 5.41) is 2.74. The zero-order valence-corrected chi connectivity index (χ0v) is 13.4. The number of amides is 2. The summed E-state index contributed by atoms with van der Waals surface area (Å²) in [5.41, 5.74) is 1.42. The van der Waals surface area contributed by atoms with E-state index >= 15 is 0 Å². The topological polar surface area (TPSA) is 81.1 Å². The van der Waals surface area contributed by atoms with Crippen LogP contribution in [0.25, 0.3) is 10.9 Å². The van der Waals surface area contributed by atoms with Gasteiger partial charge in [0.2, 0.25) is 11.8 Å². The van der Waals surface area contributed by atoms with Gasteiger partial charge in [0.05, 0.1) is 17.2 Å². The van der Waals surface area contributed by atoms with Gasteiger partial charge in [0.15, 0.2) is 0 Å². The molecule has 6 nitrogen and oxygen atoms in total. The van der Waals surface area contributed by atoms with Gasteiger partial charge in [0, 0.05) is 6.42 Å².